The topological polar surface area (TPSA) is 315 Å². The van der Waals surface area contributed by atoms with Crippen molar-refractivity contribution in [2.24, 2.45) is 29.0 Å². The van der Waals surface area contributed by atoms with E-state index in [-0.39, 0.29) is 51.0 Å². The zero-order valence-corrected chi connectivity index (χ0v) is 28.8. The number of carboxylic acids is 1. The fourth-order valence-electron chi connectivity index (χ4n) is 5.31. The number of nitrogens with one attached hydrogen (secondary N) is 5. The van der Waals surface area contributed by atoms with Crippen molar-refractivity contribution in [2.45, 2.75) is 109 Å². The highest BCUT2D eigenvalue weighted by Gasteiger charge is 2.40. The summed E-state index contributed by atoms with van der Waals surface area (Å²) in [7, 11) is 0. The minimum absolute atomic E-state index is 0.0529. The fraction of sp³-hybridized carbons (Fsp3) is 0.645. The largest absolute Gasteiger partial charge is 0.480 e. The third-order valence-corrected chi connectivity index (χ3v) is 8.31. The van der Waals surface area contributed by atoms with E-state index in [2.05, 4.69) is 31.2 Å². The molecule has 12 N–H and O–H groups in total. The highest BCUT2D eigenvalue weighted by atomic mass is 16.4. The molecule has 1 aromatic rings. The summed E-state index contributed by atoms with van der Waals surface area (Å²) in [5.41, 5.74) is 16.9. The van der Waals surface area contributed by atoms with E-state index in [1.165, 1.54) is 17.4 Å². The number of rotatable bonds is 20. The number of carboxylic acid groups (broad SMARTS) is 1. The van der Waals surface area contributed by atoms with Crippen LogP contribution < -0.4 is 38.5 Å². The van der Waals surface area contributed by atoms with Gasteiger partial charge in [0.25, 0.3) is 0 Å². The number of nitrogens with zero attached hydrogens (tertiary/aromatic N) is 2. The van der Waals surface area contributed by atoms with Crippen LogP contribution in [-0.2, 0) is 44.8 Å². The number of H-pyrrole nitrogens is 1. The van der Waals surface area contributed by atoms with Gasteiger partial charge in [0.1, 0.15) is 30.2 Å². The summed E-state index contributed by atoms with van der Waals surface area (Å²) in [4.78, 5) is 110. The molecule has 1 aliphatic heterocycles. The molecule has 0 aliphatic carbocycles. The van der Waals surface area contributed by atoms with Crippen molar-refractivity contribution >= 4 is 47.3 Å². The molecular weight excluding hydrogens is 656 g/mol. The maximum absolute atomic E-state index is 13.9. The average Bonchev–Trinajstić information content (AvgIpc) is 3.74. The van der Waals surface area contributed by atoms with Crippen LogP contribution in [-0.4, -0.2) is 110 Å². The molecule has 1 aromatic heterocycles. The lowest BCUT2D eigenvalue weighted by Gasteiger charge is -2.31. The second-order valence-corrected chi connectivity index (χ2v) is 13.0. The second kappa shape index (κ2) is 19.2. The Hall–Kier alpha value is -5.07. The van der Waals surface area contributed by atoms with E-state index >= 15 is 0 Å². The number of carbonyl (C=O) groups excluding carboxylic acids is 7. The molecule has 0 radical (unpaired) electrons. The van der Waals surface area contributed by atoms with Gasteiger partial charge in [-0.3, -0.25) is 33.6 Å². The van der Waals surface area contributed by atoms with Crippen LogP contribution in [0.2, 0.25) is 0 Å². The second-order valence-electron chi connectivity index (χ2n) is 13.0. The monoisotopic (exact) mass is 706 g/mol. The van der Waals surface area contributed by atoms with E-state index < -0.39 is 89.5 Å². The minimum atomic E-state index is -1.52. The number of hydrogen-bond acceptors (Lipinski definition) is 10. The minimum Gasteiger partial charge on any atom is -0.480 e. The molecule has 0 aromatic carbocycles. The molecule has 19 heteroatoms. The number of aromatic nitrogens is 2. The van der Waals surface area contributed by atoms with E-state index in [9.17, 15) is 43.5 Å². The molecule has 2 heterocycles. The molecule has 0 spiro atoms. The van der Waals surface area contributed by atoms with Crippen molar-refractivity contribution in [3.05, 3.63) is 18.2 Å². The summed E-state index contributed by atoms with van der Waals surface area (Å²) >= 11 is 0. The van der Waals surface area contributed by atoms with E-state index in [0.717, 1.165) is 0 Å². The van der Waals surface area contributed by atoms with Crippen molar-refractivity contribution in [1.82, 2.24) is 36.1 Å². The number of aliphatic carboxylic acids is 1. The lowest BCUT2D eigenvalue weighted by molar-refractivity contribution is -0.143. The summed E-state index contributed by atoms with van der Waals surface area (Å²) in [6.45, 7) is 7.02. The normalized spacial score (nSPS) is 17.3. The maximum atomic E-state index is 13.9. The highest BCUT2D eigenvalue weighted by Crippen LogP contribution is 2.21. The molecule has 0 saturated carbocycles. The van der Waals surface area contributed by atoms with Crippen LogP contribution in [0.3, 0.4) is 0 Å². The molecule has 1 aliphatic rings. The first-order valence-corrected chi connectivity index (χ1v) is 16.5. The molecule has 19 nitrogen and oxygen atoms in total. The molecule has 1 saturated heterocycles. The van der Waals surface area contributed by atoms with Crippen molar-refractivity contribution in [2.75, 3.05) is 6.54 Å². The summed E-state index contributed by atoms with van der Waals surface area (Å²) in [6.07, 6.45) is 2.45. The third-order valence-electron chi connectivity index (χ3n) is 8.31. The standard InChI is InChI=1S/C31H50N10O9/c1-15(2)24(34)28(46)39-20(12-17-13-35-14-36-17)30(48)41-11-5-6-21(41)27(45)40-25(16(3)4)29(47)37-18(7-9-22(32)42)26(44)38-19(31(49)50)8-10-23(33)43/h13-16,18-21,24-25H,5-12,34H2,1-4H3,(H2,32,42)(H2,33,43)(H,35,36)(H,37,47)(H,38,44)(H,39,46)(H,40,45)(H,49,50)/t18-,19-,20-,21-,24-,25-/m0/s1. The van der Waals surface area contributed by atoms with Gasteiger partial charge in [0.15, 0.2) is 0 Å². The van der Waals surface area contributed by atoms with E-state index in [1.54, 1.807) is 27.7 Å². The van der Waals surface area contributed by atoms with Gasteiger partial charge in [-0.05, 0) is 37.5 Å². The first-order valence-electron chi connectivity index (χ1n) is 16.5. The molecule has 7 amide bonds. The number of hydrogen-bond donors (Lipinski definition) is 9. The quantitative estimate of drug-likeness (QED) is 0.0664. The summed E-state index contributed by atoms with van der Waals surface area (Å²) in [6, 6.07) is -7.12. The molecule has 278 valence electrons. The predicted molar refractivity (Wildman–Crippen MR) is 177 cm³/mol. The zero-order chi connectivity index (χ0) is 37.7. The molecule has 1 fully saturated rings. The van der Waals surface area contributed by atoms with E-state index in [4.69, 9.17) is 17.2 Å². The van der Waals surface area contributed by atoms with Crippen LogP contribution in [0.15, 0.2) is 12.5 Å². The van der Waals surface area contributed by atoms with Crippen LogP contribution in [0.4, 0.5) is 0 Å². The first-order chi connectivity index (χ1) is 23.4. The lowest BCUT2D eigenvalue weighted by atomic mass is 10.0. The van der Waals surface area contributed by atoms with Crippen molar-refractivity contribution in [3.63, 3.8) is 0 Å². The number of carbonyl (C=O) groups is 8. The van der Waals surface area contributed by atoms with Gasteiger partial charge in [0, 0.05) is 37.7 Å². The number of primary amides is 2. The maximum Gasteiger partial charge on any atom is 0.326 e. The van der Waals surface area contributed by atoms with Crippen LogP contribution in [0.5, 0.6) is 0 Å². The molecule has 50 heavy (non-hydrogen) atoms. The molecule has 6 atom stereocenters. The van der Waals surface area contributed by atoms with Crippen molar-refractivity contribution in [1.29, 1.82) is 0 Å². The molecule has 0 unspecified atom stereocenters. The van der Waals surface area contributed by atoms with Crippen LogP contribution in [0.1, 0.15) is 71.9 Å². The van der Waals surface area contributed by atoms with E-state index in [1.807, 2.05) is 0 Å². The van der Waals surface area contributed by atoms with Crippen molar-refractivity contribution < 1.29 is 43.5 Å². The summed E-state index contributed by atoms with van der Waals surface area (Å²) in [5, 5.41) is 19.6. The van der Waals surface area contributed by atoms with Gasteiger partial charge in [-0.15, -0.1) is 0 Å². The Kier molecular flexibility index (Phi) is 15.8. The predicted octanol–water partition coefficient (Wildman–Crippen LogP) is -2.86. The van der Waals surface area contributed by atoms with Gasteiger partial charge in [-0.1, -0.05) is 27.7 Å². The van der Waals surface area contributed by atoms with Gasteiger partial charge >= 0.3 is 5.97 Å². The van der Waals surface area contributed by atoms with Gasteiger partial charge in [0.2, 0.25) is 41.4 Å². The first kappa shape index (κ1) is 41.1. The Balaban J connectivity index is 2.24. The zero-order valence-electron chi connectivity index (χ0n) is 28.8. The molecular formula is C31H50N10O9. The average molecular weight is 707 g/mol. The Bertz CT molecular complexity index is 1380. The number of likely N-dealkylation sites (tertiary alicyclic amines) is 1. The summed E-state index contributed by atoms with van der Waals surface area (Å²) < 4.78 is 0. The van der Waals surface area contributed by atoms with Crippen LogP contribution >= 0.6 is 0 Å². The highest BCUT2D eigenvalue weighted by molar-refractivity contribution is 5.97. The number of nitrogens with two attached hydrogens (primary N) is 3. The van der Waals surface area contributed by atoms with Crippen LogP contribution in [0, 0.1) is 11.8 Å². The number of aromatic amines is 1. The smallest absolute Gasteiger partial charge is 0.326 e. The fourth-order valence-corrected chi connectivity index (χ4v) is 5.31. The Morgan fingerprint density at radius 2 is 1.44 bits per heavy atom. The Morgan fingerprint density at radius 3 is 1.96 bits per heavy atom. The molecule has 2 rings (SSSR count). The number of imidazole rings is 1. The van der Waals surface area contributed by atoms with Gasteiger partial charge in [-0.25, -0.2) is 9.78 Å². The number of amides is 7. The van der Waals surface area contributed by atoms with E-state index in [0.29, 0.717) is 12.1 Å². The van der Waals surface area contributed by atoms with Gasteiger partial charge in [0.05, 0.1) is 12.4 Å². The third kappa shape index (κ3) is 12.4. The summed E-state index contributed by atoms with van der Waals surface area (Å²) in [5.74, 6) is -7.23. The SMILES string of the molecule is CC(C)[C@H](N)C(=O)N[C@@H](Cc1cnc[nH]1)C(=O)N1CCC[C@H]1C(=O)N[C@H](C(=O)N[C@@H](CCC(N)=O)C(=O)N[C@@H](CCC(N)=O)C(=O)O)C(C)C. The van der Waals surface area contributed by atoms with Crippen molar-refractivity contribution in [3.8, 4) is 0 Å². The van der Waals surface area contributed by atoms with Crippen LogP contribution in [0.25, 0.3) is 0 Å². The lowest BCUT2D eigenvalue weighted by Crippen LogP contribution is -2.60. The molecule has 0 bridgehead atoms. The van der Waals surface area contributed by atoms with Gasteiger partial charge < -0.3 is 53.5 Å². The Labute approximate surface area is 289 Å². The Morgan fingerprint density at radius 1 is 0.860 bits per heavy atom. The van der Waals surface area contributed by atoms with Gasteiger partial charge in [-0.2, -0.15) is 0 Å².